The summed E-state index contributed by atoms with van der Waals surface area (Å²) in [5.74, 6) is -0.762. The average molecular weight is 409 g/mol. The van der Waals surface area contributed by atoms with Crippen LogP contribution in [-0.4, -0.2) is 40.2 Å². The van der Waals surface area contributed by atoms with Crippen LogP contribution in [0.25, 0.3) is 10.9 Å². The highest BCUT2D eigenvalue weighted by Gasteiger charge is 2.32. The summed E-state index contributed by atoms with van der Waals surface area (Å²) < 4.78 is 0. The van der Waals surface area contributed by atoms with Gasteiger partial charge in [0, 0.05) is 42.0 Å². The van der Waals surface area contributed by atoms with E-state index in [0.717, 1.165) is 22.9 Å². The molecule has 0 unspecified atom stereocenters. The monoisotopic (exact) mass is 408 g/mol. The summed E-state index contributed by atoms with van der Waals surface area (Å²) in [6.07, 6.45) is 4.39. The number of primary amides is 2. The van der Waals surface area contributed by atoms with E-state index in [0.29, 0.717) is 30.8 Å². The summed E-state index contributed by atoms with van der Waals surface area (Å²) in [4.78, 5) is 37.7. The Hall–Kier alpha value is -2.54. The Morgan fingerprint density at radius 2 is 1.89 bits per heavy atom. The normalized spacial score (nSPS) is 15.3. The number of nitrogens with one attached hydrogen (secondary N) is 1. The molecular weight excluding hydrogens is 380 g/mol. The second-order valence-corrected chi connectivity index (χ2v) is 6.70. The first-order chi connectivity index (χ1) is 13.3. The van der Waals surface area contributed by atoms with Gasteiger partial charge in [0.25, 0.3) is 0 Å². The van der Waals surface area contributed by atoms with Gasteiger partial charge < -0.3 is 21.4 Å². The molecule has 7 nitrogen and oxygen atoms in total. The number of aromatic nitrogens is 1. The smallest absolute Gasteiger partial charge is 0.240 e. The van der Waals surface area contributed by atoms with Crippen molar-refractivity contribution in [1.82, 2.24) is 9.88 Å². The molecule has 5 N–H and O–H groups in total. The third-order valence-electron chi connectivity index (χ3n) is 4.24. The molecule has 8 heteroatoms. The van der Waals surface area contributed by atoms with Gasteiger partial charge in [-0.1, -0.05) is 25.4 Å². The van der Waals surface area contributed by atoms with E-state index in [4.69, 9.17) is 17.3 Å². The predicted octanol–water partition coefficient (Wildman–Crippen LogP) is 2.75. The van der Waals surface area contributed by atoms with E-state index in [1.807, 2.05) is 38.2 Å². The lowest BCUT2D eigenvalue weighted by atomic mass is 10.1. The van der Waals surface area contributed by atoms with E-state index in [9.17, 15) is 14.4 Å². The second-order valence-electron chi connectivity index (χ2n) is 6.26. The van der Waals surface area contributed by atoms with Crippen molar-refractivity contribution < 1.29 is 14.4 Å². The van der Waals surface area contributed by atoms with E-state index >= 15 is 0 Å². The van der Waals surface area contributed by atoms with Crippen molar-refractivity contribution in [2.24, 2.45) is 11.5 Å². The number of aromatic amines is 1. The second kappa shape index (κ2) is 11.3. The summed E-state index contributed by atoms with van der Waals surface area (Å²) in [5.41, 5.74) is 11.9. The highest BCUT2D eigenvalue weighted by atomic mass is 35.5. The quantitative estimate of drug-likeness (QED) is 0.720. The number of halogens is 1. The minimum absolute atomic E-state index is 0.0160. The largest absolute Gasteiger partial charge is 0.370 e. The summed E-state index contributed by atoms with van der Waals surface area (Å²) in [6, 6.07) is 5.21. The molecule has 0 spiro atoms. The number of carbonyl (C=O) groups excluding carboxylic acids is 3. The third-order valence-corrected chi connectivity index (χ3v) is 4.47. The summed E-state index contributed by atoms with van der Waals surface area (Å²) in [6.45, 7) is 5.92. The van der Waals surface area contributed by atoms with Gasteiger partial charge in [-0.25, -0.2) is 0 Å². The standard InChI is InChI=1S/C16H18ClN3O2.C2H5NO.C2H6/c17-11-4-5-13-12(8-11)10(9-19-13)3-6-15(21)20-7-1-2-14(20)16(18)22;1-2(3)4;1-2/h4-5,8-9,14,19H,1-3,6-7H2,(H2,18,22);1H3,(H2,3,4);1-2H3/t14-;;/m0../s1. The molecule has 154 valence electrons. The zero-order valence-electron chi connectivity index (χ0n) is 16.6. The number of fused-ring (bicyclic) bond motifs is 1. The maximum absolute atomic E-state index is 12.3. The van der Waals surface area contributed by atoms with Crippen molar-refractivity contribution in [1.29, 1.82) is 0 Å². The van der Waals surface area contributed by atoms with E-state index in [1.165, 1.54) is 6.92 Å². The van der Waals surface area contributed by atoms with Crippen LogP contribution < -0.4 is 11.5 Å². The molecule has 1 fully saturated rings. The summed E-state index contributed by atoms with van der Waals surface area (Å²) in [7, 11) is 0. The molecule has 1 aromatic carbocycles. The van der Waals surface area contributed by atoms with Gasteiger partial charge in [0.15, 0.2) is 0 Å². The van der Waals surface area contributed by atoms with Crippen LogP contribution in [0, 0.1) is 0 Å². The van der Waals surface area contributed by atoms with Gasteiger partial charge in [-0.15, -0.1) is 0 Å². The average Bonchev–Trinajstić information content (AvgIpc) is 3.28. The van der Waals surface area contributed by atoms with Crippen LogP contribution in [0.3, 0.4) is 0 Å². The number of nitrogens with two attached hydrogens (primary N) is 2. The number of aryl methyl sites for hydroxylation is 1. The molecule has 1 aliphatic heterocycles. The fraction of sp³-hybridized carbons (Fsp3) is 0.450. The summed E-state index contributed by atoms with van der Waals surface area (Å²) >= 11 is 6.03. The Kier molecular flexibility index (Phi) is 9.51. The van der Waals surface area contributed by atoms with Crippen molar-refractivity contribution in [3.05, 3.63) is 35.0 Å². The third kappa shape index (κ3) is 6.56. The number of H-pyrrole nitrogens is 1. The minimum atomic E-state index is -0.440. The Morgan fingerprint density at radius 3 is 2.50 bits per heavy atom. The molecule has 2 heterocycles. The lowest BCUT2D eigenvalue weighted by Crippen LogP contribution is -2.43. The van der Waals surface area contributed by atoms with Crippen molar-refractivity contribution in [2.75, 3.05) is 6.54 Å². The molecule has 0 aliphatic carbocycles. The Bertz CT molecular complexity index is 815. The van der Waals surface area contributed by atoms with Crippen LogP contribution in [0.1, 0.15) is 45.6 Å². The highest BCUT2D eigenvalue weighted by Crippen LogP contribution is 2.24. The number of hydrogen-bond acceptors (Lipinski definition) is 3. The van der Waals surface area contributed by atoms with Gasteiger partial charge in [-0.05, 0) is 43.0 Å². The molecule has 3 amide bonds. The van der Waals surface area contributed by atoms with Crippen molar-refractivity contribution in [2.45, 2.75) is 52.5 Å². The van der Waals surface area contributed by atoms with Gasteiger partial charge in [-0.3, -0.25) is 14.4 Å². The first kappa shape index (κ1) is 23.5. The molecule has 1 saturated heterocycles. The van der Waals surface area contributed by atoms with Crippen LogP contribution in [-0.2, 0) is 20.8 Å². The number of nitrogens with zero attached hydrogens (tertiary/aromatic N) is 1. The first-order valence-electron chi connectivity index (χ1n) is 9.40. The lowest BCUT2D eigenvalue weighted by Gasteiger charge is -2.22. The van der Waals surface area contributed by atoms with E-state index in [2.05, 4.69) is 10.7 Å². The molecule has 1 aliphatic rings. The minimum Gasteiger partial charge on any atom is -0.370 e. The SMILES string of the molecule is CC.CC(N)=O.NC(=O)[C@@H]1CCCN1C(=O)CCc1c[nH]c2ccc(Cl)cc12. The van der Waals surface area contributed by atoms with Crippen LogP contribution in [0.15, 0.2) is 24.4 Å². The Balaban J connectivity index is 0.000000583. The van der Waals surface area contributed by atoms with Crippen LogP contribution in [0.5, 0.6) is 0 Å². The number of likely N-dealkylation sites (tertiary alicyclic amines) is 1. The molecule has 28 heavy (non-hydrogen) atoms. The zero-order valence-corrected chi connectivity index (χ0v) is 17.4. The zero-order chi connectivity index (χ0) is 21.3. The van der Waals surface area contributed by atoms with E-state index < -0.39 is 11.9 Å². The number of carbonyl (C=O) groups is 3. The Labute approximate surface area is 170 Å². The lowest BCUT2D eigenvalue weighted by molar-refractivity contribution is -0.137. The molecule has 1 atom stereocenters. The molecule has 1 aromatic heterocycles. The van der Waals surface area contributed by atoms with Gasteiger partial charge in [-0.2, -0.15) is 0 Å². The molecule has 3 rings (SSSR count). The fourth-order valence-corrected chi connectivity index (χ4v) is 3.28. The van der Waals surface area contributed by atoms with Gasteiger partial charge in [0.1, 0.15) is 6.04 Å². The first-order valence-corrected chi connectivity index (χ1v) is 9.77. The predicted molar refractivity (Wildman–Crippen MR) is 112 cm³/mol. The maximum atomic E-state index is 12.3. The van der Waals surface area contributed by atoms with Crippen molar-refractivity contribution >= 4 is 40.2 Å². The Morgan fingerprint density at radius 1 is 1.25 bits per heavy atom. The topological polar surface area (TPSA) is 122 Å². The number of benzene rings is 1. The van der Waals surface area contributed by atoms with Crippen LogP contribution >= 0.6 is 11.6 Å². The number of hydrogen-bond donors (Lipinski definition) is 3. The van der Waals surface area contributed by atoms with E-state index in [1.54, 1.807) is 4.90 Å². The maximum Gasteiger partial charge on any atom is 0.240 e. The highest BCUT2D eigenvalue weighted by molar-refractivity contribution is 6.31. The van der Waals surface area contributed by atoms with Gasteiger partial charge >= 0.3 is 0 Å². The molecule has 0 bridgehead atoms. The molecular formula is C20H29ClN4O3. The summed E-state index contributed by atoms with van der Waals surface area (Å²) in [5, 5.41) is 1.71. The molecule has 0 radical (unpaired) electrons. The van der Waals surface area contributed by atoms with Gasteiger partial charge in [0.2, 0.25) is 17.7 Å². The van der Waals surface area contributed by atoms with Crippen LogP contribution in [0.4, 0.5) is 0 Å². The number of amides is 3. The molecule has 0 saturated carbocycles. The van der Waals surface area contributed by atoms with E-state index in [-0.39, 0.29) is 11.8 Å². The fourth-order valence-electron chi connectivity index (χ4n) is 3.10. The van der Waals surface area contributed by atoms with Crippen LogP contribution in [0.2, 0.25) is 5.02 Å². The van der Waals surface area contributed by atoms with Gasteiger partial charge in [0.05, 0.1) is 0 Å². The van der Waals surface area contributed by atoms with Crippen molar-refractivity contribution in [3.63, 3.8) is 0 Å². The van der Waals surface area contributed by atoms with Crippen molar-refractivity contribution in [3.8, 4) is 0 Å². The molecule has 2 aromatic rings. The number of rotatable bonds is 4.